The Morgan fingerprint density at radius 2 is 2.00 bits per heavy atom. The first-order valence-corrected chi connectivity index (χ1v) is 5.59. The Balaban J connectivity index is 3.21. The van der Waals surface area contributed by atoms with E-state index < -0.39 is 11.4 Å². The van der Waals surface area contributed by atoms with Gasteiger partial charge in [0, 0.05) is 7.05 Å². The van der Waals surface area contributed by atoms with Gasteiger partial charge in [-0.05, 0) is 12.3 Å². The molecule has 2 unspecified atom stereocenters. The van der Waals surface area contributed by atoms with Crippen LogP contribution in [-0.2, 0) is 4.79 Å². The van der Waals surface area contributed by atoms with Crippen molar-refractivity contribution < 1.29 is 9.59 Å². The number of urea groups is 1. The van der Waals surface area contributed by atoms with Crippen LogP contribution in [0.15, 0.2) is 0 Å². The normalized spacial score (nSPS) is 28.0. The van der Waals surface area contributed by atoms with Crippen LogP contribution in [0.2, 0.25) is 0 Å². The molecule has 0 saturated carbocycles. The molecule has 0 aromatic rings. The quantitative estimate of drug-likeness (QED) is 0.765. The van der Waals surface area contributed by atoms with E-state index in [1.165, 1.54) is 11.9 Å². The van der Waals surface area contributed by atoms with Crippen LogP contribution in [0.3, 0.4) is 0 Å². The van der Waals surface area contributed by atoms with E-state index in [4.69, 9.17) is 5.41 Å². The summed E-state index contributed by atoms with van der Waals surface area (Å²) in [4.78, 5) is 24.6. The van der Waals surface area contributed by atoms with Gasteiger partial charge in [-0.15, -0.1) is 0 Å². The Morgan fingerprint density at radius 1 is 1.44 bits per heavy atom. The molecule has 1 aliphatic heterocycles. The Bertz CT molecular complexity index is 340. The molecular formula is C11H19N3O2. The highest BCUT2D eigenvalue weighted by atomic mass is 16.2. The van der Waals surface area contributed by atoms with Crippen molar-refractivity contribution in [3.05, 3.63) is 0 Å². The summed E-state index contributed by atoms with van der Waals surface area (Å²) in [6, 6.07) is -0.512. The van der Waals surface area contributed by atoms with Crippen molar-refractivity contribution in [2.75, 3.05) is 7.05 Å². The molecule has 2 atom stereocenters. The predicted octanol–water partition coefficient (Wildman–Crippen LogP) is 1.59. The van der Waals surface area contributed by atoms with Gasteiger partial charge in [0.25, 0.3) is 0 Å². The summed E-state index contributed by atoms with van der Waals surface area (Å²) in [5.41, 5.74) is -0.864. The van der Waals surface area contributed by atoms with Crippen LogP contribution < -0.4 is 5.32 Å². The molecule has 0 aromatic heterocycles. The van der Waals surface area contributed by atoms with Gasteiger partial charge >= 0.3 is 6.03 Å². The van der Waals surface area contributed by atoms with E-state index in [1.807, 2.05) is 20.8 Å². The maximum atomic E-state index is 12.0. The van der Waals surface area contributed by atoms with Crippen LogP contribution in [0.1, 0.15) is 33.6 Å². The van der Waals surface area contributed by atoms with Gasteiger partial charge in [-0.25, -0.2) is 4.79 Å². The zero-order valence-corrected chi connectivity index (χ0v) is 10.3. The highest BCUT2D eigenvalue weighted by Gasteiger charge is 2.51. The lowest BCUT2D eigenvalue weighted by Crippen LogP contribution is -2.64. The average Bonchev–Trinajstić information content (AvgIpc) is 2.27. The number of nitrogens with zero attached hydrogens (tertiary/aromatic N) is 1. The van der Waals surface area contributed by atoms with Crippen molar-refractivity contribution in [3.63, 3.8) is 0 Å². The van der Waals surface area contributed by atoms with Crippen LogP contribution in [0, 0.1) is 16.7 Å². The third-order valence-electron chi connectivity index (χ3n) is 3.70. The smallest absolute Gasteiger partial charge is 0.287 e. The third kappa shape index (κ3) is 1.50. The minimum Gasteiger partial charge on any atom is -0.287 e. The van der Waals surface area contributed by atoms with Gasteiger partial charge in [0.15, 0.2) is 0 Å². The van der Waals surface area contributed by atoms with E-state index >= 15 is 0 Å². The second-order valence-electron chi connectivity index (χ2n) is 4.30. The summed E-state index contributed by atoms with van der Waals surface area (Å²) in [6.07, 6.45) is 1.33. The Hall–Kier alpha value is -1.39. The third-order valence-corrected chi connectivity index (χ3v) is 3.70. The highest BCUT2D eigenvalue weighted by molar-refractivity contribution is 6.20. The standard InChI is InChI=1S/C11H19N3O2/c1-5-7(3)11(6-2)8(12)14(4)10(16)13-9(11)15/h7,12H,5-6H2,1-4H3,(H,13,15,16). The fourth-order valence-electron chi connectivity index (χ4n) is 2.28. The molecule has 0 spiro atoms. The molecule has 0 aliphatic carbocycles. The van der Waals surface area contributed by atoms with E-state index in [9.17, 15) is 9.59 Å². The fourth-order valence-corrected chi connectivity index (χ4v) is 2.28. The minimum atomic E-state index is -0.864. The summed E-state index contributed by atoms with van der Waals surface area (Å²) in [7, 11) is 1.52. The largest absolute Gasteiger partial charge is 0.329 e. The summed E-state index contributed by atoms with van der Waals surface area (Å²) in [5.74, 6) is -0.184. The van der Waals surface area contributed by atoms with Gasteiger partial charge in [0.05, 0.1) is 0 Å². The topological polar surface area (TPSA) is 73.3 Å². The lowest BCUT2D eigenvalue weighted by atomic mass is 9.70. The molecule has 5 nitrogen and oxygen atoms in total. The van der Waals surface area contributed by atoms with Crippen molar-refractivity contribution >= 4 is 17.8 Å². The molecule has 2 N–H and O–H groups in total. The summed E-state index contributed by atoms with van der Waals surface area (Å²) in [5, 5.41) is 10.4. The van der Waals surface area contributed by atoms with Gasteiger partial charge in [-0.1, -0.05) is 27.2 Å². The van der Waals surface area contributed by atoms with Crippen LogP contribution in [0.4, 0.5) is 4.79 Å². The van der Waals surface area contributed by atoms with Gasteiger partial charge in [-0.2, -0.15) is 0 Å². The number of hydrogen-bond acceptors (Lipinski definition) is 3. The molecule has 0 aromatic carbocycles. The molecule has 0 radical (unpaired) electrons. The molecule has 1 fully saturated rings. The first-order valence-electron chi connectivity index (χ1n) is 5.59. The van der Waals surface area contributed by atoms with Crippen molar-refractivity contribution in [1.29, 1.82) is 5.41 Å². The van der Waals surface area contributed by atoms with Crippen molar-refractivity contribution in [2.45, 2.75) is 33.6 Å². The summed E-state index contributed by atoms with van der Waals surface area (Å²) >= 11 is 0. The van der Waals surface area contributed by atoms with Gasteiger partial charge < -0.3 is 0 Å². The lowest BCUT2D eigenvalue weighted by molar-refractivity contribution is -0.130. The summed E-state index contributed by atoms with van der Waals surface area (Å²) < 4.78 is 0. The maximum absolute atomic E-state index is 12.0. The first-order chi connectivity index (χ1) is 7.41. The van der Waals surface area contributed by atoms with Crippen molar-refractivity contribution in [3.8, 4) is 0 Å². The zero-order valence-electron chi connectivity index (χ0n) is 10.3. The zero-order chi connectivity index (χ0) is 12.5. The lowest BCUT2D eigenvalue weighted by Gasteiger charge is -2.43. The Kier molecular flexibility index (Phi) is 3.35. The second kappa shape index (κ2) is 4.23. The number of nitrogens with one attached hydrogen (secondary N) is 2. The second-order valence-corrected chi connectivity index (χ2v) is 4.30. The molecule has 1 rings (SSSR count). The summed E-state index contributed by atoms with van der Waals surface area (Å²) in [6.45, 7) is 5.81. The number of rotatable bonds is 3. The molecule has 1 saturated heterocycles. The molecule has 1 heterocycles. The van der Waals surface area contributed by atoms with Crippen LogP contribution in [0.25, 0.3) is 0 Å². The van der Waals surface area contributed by atoms with Crippen molar-refractivity contribution in [2.24, 2.45) is 11.3 Å². The number of imide groups is 1. The van der Waals surface area contributed by atoms with E-state index in [-0.39, 0.29) is 17.7 Å². The molecule has 3 amide bonds. The van der Waals surface area contributed by atoms with Gasteiger partial charge in [0.1, 0.15) is 11.3 Å². The molecule has 0 bridgehead atoms. The Labute approximate surface area is 95.7 Å². The number of carbonyl (C=O) groups is 2. The first kappa shape index (κ1) is 12.7. The van der Waals surface area contributed by atoms with Crippen LogP contribution in [-0.4, -0.2) is 29.7 Å². The molecule has 16 heavy (non-hydrogen) atoms. The fraction of sp³-hybridized carbons (Fsp3) is 0.727. The number of hydrogen-bond donors (Lipinski definition) is 2. The van der Waals surface area contributed by atoms with E-state index in [0.29, 0.717) is 6.42 Å². The van der Waals surface area contributed by atoms with Gasteiger partial charge in [0.2, 0.25) is 5.91 Å². The van der Waals surface area contributed by atoms with E-state index in [1.54, 1.807) is 0 Å². The van der Waals surface area contributed by atoms with E-state index in [2.05, 4.69) is 5.32 Å². The SMILES string of the molecule is CCC(C)C1(CC)C(=N)N(C)C(=O)NC1=O. The average molecular weight is 225 g/mol. The monoisotopic (exact) mass is 225 g/mol. The highest BCUT2D eigenvalue weighted by Crippen LogP contribution is 2.38. The van der Waals surface area contributed by atoms with Crippen LogP contribution in [0.5, 0.6) is 0 Å². The molecule has 1 aliphatic rings. The molecular weight excluding hydrogens is 206 g/mol. The minimum absolute atomic E-state index is 0.0422. The number of amides is 3. The number of amidine groups is 1. The molecule has 5 heteroatoms. The van der Waals surface area contributed by atoms with Gasteiger partial charge in [-0.3, -0.25) is 20.4 Å². The maximum Gasteiger partial charge on any atom is 0.329 e. The van der Waals surface area contributed by atoms with Crippen LogP contribution >= 0.6 is 0 Å². The van der Waals surface area contributed by atoms with E-state index in [0.717, 1.165) is 6.42 Å². The molecule has 90 valence electrons. The van der Waals surface area contributed by atoms with Crippen molar-refractivity contribution in [1.82, 2.24) is 10.2 Å². The predicted molar refractivity (Wildman–Crippen MR) is 61.2 cm³/mol. The number of carbonyl (C=O) groups excluding carboxylic acids is 2. The Morgan fingerprint density at radius 3 is 2.44 bits per heavy atom.